The summed E-state index contributed by atoms with van der Waals surface area (Å²) in [4.78, 5) is 24.8. The van der Waals surface area contributed by atoms with Gasteiger partial charge in [0.1, 0.15) is 0 Å². The van der Waals surface area contributed by atoms with Crippen molar-refractivity contribution in [1.82, 2.24) is 0 Å². The molecule has 2 aliphatic rings. The van der Waals surface area contributed by atoms with Crippen molar-refractivity contribution < 1.29 is 19.1 Å². The summed E-state index contributed by atoms with van der Waals surface area (Å²) in [6.45, 7) is 1.30. The molecule has 2 aromatic rings. The van der Waals surface area contributed by atoms with Crippen molar-refractivity contribution >= 4 is 29.1 Å². The van der Waals surface area contributed by atoms with Crippen molar-refractivity contribution in [2.24, 2.45) is 0 Å². The van der Waals surface area contributed by atoms with Gasteiger partial charge >= 0.3 is 0 Å². The molecule has 25 heavy (non-hydrogen) atoms. The number of ether oxygens (including phenoxy) is 2. The van der Waals surface area contributed by atoms with E-state index >= 15 is 0 Å². The Morgan fingerprint density at radius 3 is 2.80 bits per heavy atom. The summed E-state index contributed by atoms with van der Waals surface area (Å²) in [7, 11) is 0. The van der Waals surface area contributed by atoms with Crippen LogP contribution in [0.25, 0.3) is 0 Å². The average Bonchev–Trinajstić information content (AvgIpc) is 2.83. The third-order valence-electron chi connectivity index (χ3n) is 4.14. The number of ketones is 1. The molecule has 0 saturated heterocycles. The van der Waals surface area contributed by atoms with Crippen molar-refractivity contribution in [3.8, 4) is 11.5 Å². The van der Waals surface area contributed by atoms with Crippen LogP contribution >= 0.6 is 11.8 Å². The van der Waals surface area contributed by atoms with Gasteiger partial charge in [0.15, 0.2) is 17.3 Å². The molecule has 0 radical (unpaired) electrons. The lowest BCUT2D eigenvalue weighted by molar-refractivity contribution is -0.115. The second-order valence-corrected chi connectivity index (χ2v) is 7.02. The molecule has 0 saturated carbocycles. The number of rotatable bonds is 4. The lowest BCUT2D eigenvalue weighted by Crippen LogP contribution is -2.03. The summed E-state index contributed by atoms with van der Waals surface area (Å²) in [6.07, 6.45) is 1.21. The highest BCUT2D eigenvalue weighted by atomic mass is 32.2. The molecule has 0 atom stereocenters. The molecule has 0 aliphatic carbocycles. The lowest BCUT2D eigenvalue weighted by atomic mass is 10.1. The number of benzene rings is 2. The topological polar surface area (TPSA) is 64.6 Å². The molecule has 0 spiro atoms. The van der Waals surface area contributed by atoms with Crippen LogP contribution in [-0.4, -0.2) is 30.7 Å². The van der Waals surface area contributed by atoms with E-state index in [9.17, 15) is 9.59 Å². The van der Waals surface area contributed by atoms with E-state index in [2.05, 4.69) is 5.32 Å². The Kier molecular flexibility index (Phi) is 4.36. The van der Waals surface area contributed by atoms with Crippen LogP contribution in [0.5, 0.6) is 11.5 Å². The monoisotopic (exact) mass is 355 g/mol. The summed E-state index contributed by atoms with van der Waals surface area (Å²) < 4.78 is 11.3. The zero-order valence-electron chi connectivity index (χ0n) is 13.5. The van der Waals surface area contributed by atoms with Crippen LogP contribution in [0.4, 0.5) is 5.69 Å². The Hall–Kier alpha value is -2.47. The summed E-state index contributed by atoms with van der Waals surface area (Å²) in [5.74, 6) is 1.83. The molecule has 0 aromatic heterocycles. The second kappa shape index (κ2) is 6.80. The summed E-state index contributed by atoms with van der Waals surface area (Å²) in [5, 5.41) is 2.77. The van der Waals surface area contributed by atoms with Crippen LogP contribution in [0.15, 0.2) is 41.3 Å². The molecule has 6 heteroatoms. The van der Waals surface area contributed by atoms with Gasteiger partial charge in [-0.2, -0.15) is 0 Å². The first kappa shape index (κ1) is 16.0. The van der Waals surface area contributed by atoms with Gasteiger partial charge in [-0.05, 0) is 42.0 Å². The zero-order valence-corrected chi connectivity index (χ0v) is 14.4. The maximum Gasteiger partial charge on any atom is 0.228 e. The second-order valence-electron chi connectivity index (χ2n) is 5.97. The first-order valence-corrected chi connectivity index (χ1v) is 9.16. The number of carbonyl (C=O) groups excluding carboxylic acids is 2. The number of nitrogens with one attached hydrogen (secondary N) is 1. The number of hydrogen-bond donors (Lipinski definition) is 1. The van der Waals surface area contributed by atoms with Crippen molar-refractivity contribution in [3.63, 3.8) is 0 Å². The maximum atomic E-state index is 12.5. The van der Waals surface area contributed by atoms with Gasteiger partial charge < -0.3 is 14.8 Å². The predicted octanol–water partition coefficient (Wildman–Crippen LogP) is 3.32. The first-order chi connectivity index (χ1) is 12.2. The van der Waals surface area contributed by atoms with Crippen LogP contribution in [0.3, 0.4) is 0 Å². The summed E-state index contributed by atoms with van der Waals surface area (Å²) >= 11 is 1.47. The van der Waals surface area contributed by atoms with Gasteiger partial charge in [0, 0.05) is 22.6 Å². The van der Waals surface area contributed by atoms with Crippen LogP contribution in [0.1, 0.15) is 22.3 Å². The largest absolute Gasteiger partial charge is 0.490 e. The quantitative estimate of drug-likeness (QED) is 0.673. The number of Topliss-reactive ketones (excluding diaryl/α,β-unsaturated/α-hetero) is 1. The molecule has 0 fully saturated rings. The molecule has 0 unspecified atom stereocenters. The fourth-order valence-corrected chi connectivity index (χ4v) is 3.69. The fraction of sp³-hybridized carbons (Fsp3) is 0.263. The highest BCUT2D eigenvalue weighted by molar-refractivity contribution is 8.00. The van der Waals surface area contributed by atoms with E-state index in [4.69, 9.17) is 9.47 Å². The molecule has 128 valence electrons. The van der Waals surface area contributed by atoms with Gasteiger partial charge in [-0.25, -0.2) is 0 Å². The van der Waals surface area contributed by atoms with E-state index < -0.39 is 0 Å². The van der Waals surface area contributed by atoms with Crippen molar-refractivity contribution in [3.05, 3.63) is 47.5 Å². The van der Waals surface area contributed by atoms with E-state index in [0.29, 0.717) is 31.0 Å². The number of fused-ring (bicyclic) bond motifs is 2. The van der Waals surface area contributed by atoms with Crippen molar-refractivity contribution in [2.45, 2.75) is 17.7 Å². The van der Waals surface area contributed by atoms with Crippen molar-refractivity contribution in [1.29, 1.82) is 0 Å². The molecule has 1 N–H and O–H groups in total. The number of anilines is 1. The number of thioether (sulfide) groups is 1. The van der Waals surface area contributed by atoms with Gasteiger partial charge in [-0.3, -0.25) is 9.59 Å². The molecule has 0 bridgehead atoms. The van der Waals surface area contributed by atoms with Crippen molar-refractivity contribution in [2.75, 3.05) is 24.3 Å². The molecule has 2 aromatic carbocycles. The number of carbonyl (C=O) groups is 2. The Bertz CT molecular complexity index is 849. The van der Waals surface area contributed by atoms with Crippen LogP contribution in [-0.2, 0) is 11.2 Å². The maximum absolute atomic E-state index is 12.5. The van der Waals surface area contributed by atoms with Crippen LogP contribution in [0, 0.1) is 0 Å². The molecule has 5 nitrogen and oxygen atoms in total. The van der Waals surface area contributed by atoms with E-state index in [1.165, 1.54) is 11.8 Å². The molecular weight excluding hydrogens is 338 g/mol. The smallest absolute Gasteiger partial charge is 0.228 e. The van der Waals surface area contributed by atoms with E-state index in [-0.39, 0.29) is 11.7 Å². The van der Waals surface area contributed by atoms with Gasteiger partial charge in [-0.15, -0.1) is 11.8 Å². The van der Waals surface area contributed by atoms with Gasteiger partial charge in [-0.1, -0.05) is 0 Å². The highest BCUT2D eigenvalue weighted by Gasteiger charge is 2.19. The molecule has 4 rings (SSSR count). The Balaban J connectivity index is 1.43. The number of amides is 1. The summed E-state index contributed by atoms with van der Waals surface area (Å²) in [5.41, 5.74) is 2.32. The molecule has 2 aliphatic heterocycles. The first-order valence-electron chi connectivity index (χ1n) is 8.17. The standard InChI is InChI=1S/C19H17NO4S/c21-16(12-2-4-15-13(8-12)9-19(22)20-15)11-25-14-3-5-17-18(10-14)24-7-1-6-23-17/h2-5,8,10H,1,6-7,9,11H2,(H,20,22). The van der Waals surface area contributed by atoms with Gasteiger partial charge in [0.2, 0.25) is 5.91 Å². The molecule has 1 amide bonds. The predicted molar refractivity (Wildman–Crippen MR) is 95.9 cm³/mol. The minimum absolute atomic E-state index is 0.0267. The molecular formula is C19H17NO4S. The van der Waals surface area contributed by atoms with Gasteiger partial charge in [0.25, 0.3) is 0 Å². The average molecular weight is 355 g/mol. The van der Waals surface area contributed by atoms with Crippen LogP contribution in [0.2, 0.25) is 0 Å². The van der Waals surface area contributed by atoms with E-state index in [1.54, 1.807) is 12.1 Å². The van der Waals surface area contributed by atoms with E-state index in [0.717, 1.165) is 34.1 Å². The van der Waals surface area contributed by atoms with E-state index in [1.807, 2.05) is 24.3 Å². The Morgan fingerprint density at radius 2 is 1.92 bits per heavy atom. The highest BCUT2D eigenvalue weighted by Crippen LogP contribution is 2.34. The Morgan fingerprint density at radius 1 is 1.08 bits per heavy atom. The lowest BCUT2D eigenvalue weighted by Gasteiger charge is -2.09. The Labute approximate surface area is 149 Å². The fourth-order valence-electron chi connectivity index (χ4n) is 2.87. The minimum Gasteiger partial charge on any atom is -0.490 e. The van der Waals surface area contributed by atoms with Gasteiger partial charge in [0.05, 0.1) is 25.4 Å². The van der Waals surface area contributed by atoms with Crippen LogP contribution < -0.4 is 14.8 Å². The third-order valence-corrected chi connectivity index (χ3v) is 5.14. The minimum atomic E-state index is -0.0267. The summed E-state index contributed by atoms with van der Waals surface area (Å²) in [6, 6.07) is 11.1. The normalized spacial score (nSPS) is 15.3. The number of hydrogen-bond acceptors (Lipinski definition) is 5. The SMILES string of the molecule is O=C1Cc2cc(C(=O)CSc3ccc4c(c3)OCCCO4)ccc2N1. The third kappa shape index (κ3) is 3.49. The zero-order chi connectivity index (χ0) is 17.2. The molecule has 2 heterocycles.